The SMILES string of the molecule is O=C(CSc1nc2c(c(=O)[nH]1)CCCC2)Nc1oncc1-c1ccccc1. The number of carbonyl (C=O) groups is 1. The molecule has 2 aromatic heterocycles. The molecule has 7 nitrogen and oxygen atoms in total. The Kier molecular flexibility index (Phi) is 5.06. The quantitative estimate of drug-likeness (QED) is 0.520. The summed E-state index contributed by atoms with van der Waals surface area (Å²) in [5.74, 6) is 0.157. The molecule has 0 atom stereocenters. The summed E-state index contributed by atoms with van der Waals surface area (Å²) >= 11 is 1.20. The van der Waals surface area contributed by atoms with E-state index in [0.717, 1.165) is 42.5 Å². The molecular weight excluding hydrogens is 364 g/mol. The predicted octanol–water partition coefficient (Wildman–Crippen LogP) is 3.03. The van der Waals surface area contributed by atoms with Crippen LogP contribution in [0, 0.1) is 0 Å². The highest BCUT2D eigenvalue weighted by Crippen LogP contribution is 2.27. The number of aromatic amines is 1. The average molecular weight is 382 g/mol. The molecular formula is C19H18N4O3S. The first-order valence-electron chi connectivity index (χ1n) is 8.75. The van der Waals surface area contributed by atoms with Crippen LogP contribution in [0.1, 0.15) is 24.1 Å². The highest BCUT2D eigenvalue weighted by Gasteiger charge is 2.17. The number of benzene rings is 1. The average Bonchev–Trinajstić information content (AvgIpc) is 3.15. The number of amides is 1. The molecule has 1 aliphatic carbocycles. The molecule has 0 radical (unpaired) electrons. The van der Waals surface area contributed by atoms with E-state index in [9.17, 15) is 9.59 Å². The van der Waals surface area contributed by atoms with Gasteiger partial charge in [-0.3, -0.25) is 14.9 Å². The lowest BCUT2D eigenvalue weighted by molar-refractivity contribution is -0.113. The lowest BCUT2D eigenvalue weighted by Crippen LogP contribution is -2.22. The number of thioether (sulfide) groups is 1. The molecule has 0 saturated carbocycles. The van der Waals surface area contributed by atoms with Crippen LogP contribution >= 0.6 is 11.8 Å². The molecule has 1 aromatic carbocycles. The van der Waals surface area contributed by atoms with E-state index in [1.54, 1.807) is 6.20 Å². The van der Waals surface area contributed by atoms with Gasteiger partial charge >= 0.3 is 0 Å². The van der Waals surface area contributed by atoms with Crippen LogP contribution in [0.15, 0.2) is 51.0 Å². The zero-order valence-electron chi connectivity index (χ0n) is 14.5. The van der Waals surface area contributed by atoms with Crippen molar-refractivity contribution in [3.05, 3.63) is 58.1 Å². The number of fused-ring (bicyclic) bond motifs is 1. The van der Waals surface area contributed by atoms with Crippen molar-refractivity contribution in [2.75, 3.05) is 11.1 Å². The second-order valence-corrected chi connectivity index (χ2v) is 7.24. The van der Waals surface area contributed by atoms with Gasteiger partial charge in [-0.25, -0.2) is 4.98 Å². The Hall–Kier alpha value is -2.87. The summed E-state index contributed by atoms with van der Waals surface area (Å²) in [6.07, 6.45) is 5.23. The van der Waals surface area contributed by atoms with Gasteiger partial charge < -0.3 is 9.51 Å². The maximum atomic E-state index is 12.3. The lowest BCUT2D eigenvalue weighted by Gasteiger charge is -2.14. The van der Waals surface area contributed by atoms with E-state index in [0.29, 0.717) is 16.6 Å². The van der Waals surface area contributed by atoms with Crippen LogP contribution in [0.4, 0.5) is 5.88 Å². The maximum Gasteiger partial charge on any atom is 0.254 e. The molecule has 1 aliphatic rings. The number of nitrogens with zero attached hydrogens (tertiary/aromatic N) is 2. The van der Waals surface area contributed by atoms with Crippen molar-refractivity contribution in [1.29, 1.82) is 0 Å². The summed E-state index contributed by atoms with van der Waals surface area (Å²) in [6.45, 7) is 0. The Balaban J connectivity index is 1.42. The number of hydrogen-bond donors (Lipinski definition) is 2. The van der Waals surface area contributed by atoms with Gasteiger partial charge in [0, 0.05) is 5.56 Å². The minimum atomic E-state index is -0.255. The zero-order chi connectivity index (χ0) is 18.6. The standard InChI is InChI=1S/C19H18N4O3S/c24-16(22-18-14(10-20-26-18)12-6-2-1-3-7-12)11-27-19-21-15-9-5-4-8-13(15)17(25)23-19/h1-3,6-7,10H,4-5,8-9,11H2,(H,22,24)(H,21,23,25). The second-order valence-electron chi connectivity index (χ2n) is 6.27. The van der Waals surface area contributed by atoms with Crippen LogP contribution in [0.5, 0.6) is 0 Å². The normalized spacial score (nSPS) is 13.2. The highest BCUT2D eigenvalue weighted by atomic mass is 32.2. The number of aromatic nitrogens is 3. The molecule has 3 aromatic rings. The number of nitrogens with one attached hydrogen (secondary N) is 2. The number of rotatable bonds is 5. The summed E-state index contributed by atoms with van der Waals surface area (Å²) in [4.78, 5) is 31.7. The molecule has 0 unspecified atom stereocenters. The summed E-state index contributed by atoms with van der Waals surface area (Å²) in [7, 11) is 0. The Labute approximate surface area is 159 Å². The number of aryl methyl sites for hydroxylation is 1. The summed E-state index contributed by atoms with van der Waals surface area (Å²) in [5.41, 5.74) is 3.17. The van der Waals surface area contributed by atoms with Gasteiger partial charge in [0.2, 0.25) is 11.8 Å². The van der Waals surface area contributed by atoms with Gasteiger partial charge in [-0.1, -0.05) is 47.3 Å². The molecule has 2 N–H and O–H groups in total. The number of hydrogen-bond acceptors (Lipinski definition) is 6. The van der Waals surface area contributed by atoms with E-state index in [1.807, 2.05) is 30.3 Å². The predicted molar refractivity (Wildman–Crippen MR) is 103 cm³/mol. The van der Waals surface area contributed by atoms with E-state index >= 15 is 0 Å². The number of H-pyrrole nitrogens is 1. The minimum Gasteiger partial charge on any atom is -0.338 e. The number of carbonyl (C=O) groups excluding carboxylic acids is 1. The lowest BCUT2D eigenvalue weighted by atomic mass is 9.97. The first kappa shape index (κ1) is 17.5. The first-order chi connectivity index (χ1) is 13.2. The van der Waals surface area contributed by atoms with E-state index in [2.05, 4.69) is 20.4 Å². The number of anilines is 1. The summed E-state index contributed by atoms with van der Waals surface area (Å²) in [6, 6.07) is 9.56. The van der Waals surface area contributed by atoms with Crippen molar-refractivity contribution >= 4 is 23.6 Å². The van der Waals surface area contributed by atoms with Crippen LogP contribution in [-0.2, 0) is 17.6 Å². The Bertz CT molecular complexity index is 1010. The van der Waals surface area contributed by atoms with Gasteiger partial charge in [0.05, 0.1) is 23.2 Å². The molecule has 27 heavy (non-hydrogen) atoms. The molecule has 138 valence electrons. The largest absolute Gasteiger partial charge is 0.338 e. The Morgan fingerprint density at radius 1 is 1.22 bits per heavy atom. The Morgan fingerprint density at radius 3 is 2.89 bits per heavy atom. The fraction of sp³-hybridized carbons (Fsp3) is 0.263. The minimum absolute atomic E-state index is 0.0933. The van der Waals surface area contributed by atoms with Crippen molar-refractivity contribution in [2.45, 2.75) is 30.8 Å². The van der Waals surface area contributed by atoms with E-state index in [1.165, 1.54) is 11.8 Å². The van der Waals surface area contributed by atoms with Gasteiger partial charge in [-0.15, -0.1) is 0 Å². The summed E-state index contributed by atoms with van der Waals surface area (Å²) < 4.78 is 5.17. The molecule has 0 bridgehead atoms. The third-order valence-electron chi connectivity index (χ3n) is 4.42. The monoisotopic (exact) mass is 382 g/mol. The zero-order valence-corrected chi connectivity index (χ0v) is 15.3. The van der Waals surface area contributed by atoms with Crippen molar-refractivity contribution < 1.29 is 9.32 Å². The third kappa shape index (κ3) is 3.95. The molecule has 2 heterocycles. The van der Waals surface area contributed by atoms with Gasteiger partial charge in [0.25, 0.3) is 5.56 Å². The van der Waals surface area contributed by atoms with Crippen molar-refractivity contribution in [3.8, 4) is 11.1 Å². The van der Waals surface area contributed by atoms with E-state index in [-0.39, 0.29) is 17.2 Å². The fourth-order valence-corrected chi connectivity index (χ4v) is 3.78. The summed E-state index contributed by atoms with van der Waals surface area (Å²) in [5, 5.41) is 6.97. The van der Waals surface area contributed by atoms with Gasteiger partial charge in [0.15, 0.2) is 5.16 Å². The van der Waals surface area contributed by atoms with Gasteiger partial charge in [-0.05, 0) is 31.2 Å². The maximum absolute atomic E-state index is 12.3. The first-order valence-corrected chi connectivity index (χ1v) is 9.74. The highest BCUT2D eigenvalue weighted by molar-refractivity contribution is 7.99. The molecule has 1 amide bonds. The van der Waals surface area contributed by atoms with Crippen molar-refractivity contribution in [2.24, 2.45) is 0 Å². The van der Waals surface area contributed by atoms with Gasteiger partial charge in [-0.2, -0.15) is 0 Å². The molecule has 0 fully saturated rings. The molecule has 4 rings (SSSR count). The molecule has 0 aliphatic heterocycles. The molecule has 0 spiro atoms. The van der Waals surface area contributed by atoms with Crippen LogP contribution < -0.4 is 10.9 Å². The Morgan fingerprint density at radius 2 is 2.04 bits per heavy atom. The second kappa shape index (κ2) is 7.79. The fourth-order valence-electron chi connectivity index (χ4n) is 3.10. The van der Waals surface area contributed by atoms with Crippen LogP contribution in [0.3, 0.4) is 0 Å². The molecule has 8 heteroatoms. The van der Waals surface area contributed by atoms with Crippen LogP contribution in [0.2, 0.25) is 0 Å². The van der Waals surface area contributed by atoms with Gasteiger partial charge in [0.1, 0.15) is 0 Å². The van der Waals surface area contributed by atoms with Crippen LogP contribution in [-0.4, -0.2) is 26.8 Å². The smallest absolute Gasteiger partial charge is 0.254 e. The molecule has 0 saturated heterocycles. The van der Waals surface area contributed by atoms with Crippen LogP contribution in [0.25, 0.3) is 11.1 Å². The van der Waals surface area contributed by atoms with Crippen molar-refractivity contribution in [1.82, 2.24) is 15.1 Å². The topological polar surface area (TPSA) is 101 Å². The van der Waals surface area contributed by atoms with E-state index < -0.39 is 0 Å². The third-order valence-corrected chi connectivity index (χ3v) is 5.29. The van der Waals surface area contributed by atoms with Crippen molar-refractivity contribution in [3.63, 3.8) is 0 Å². The van der Waals surface area contributed by atoms with E-state index in [4.69, 9.17) is 4.52 Å².